The van der Waals surface area contributed by atoms with Crippen molar-refractivity contribution in [3.63, 3.8) is 0 Å². The highest BCUT2D eigenvalue weighted by atomic mass is 16.5. The number of anilines is 2. The molecule has 3 aromatic rings. The number of hydrogen-bond donors (Lipinski definition) is 1. The molecule has 1 aliphatic heterocycles. The van der Waals surface area contributed by atoms with E-state index in [1.807, 2.05) is 13.8 Å². The summed E-state index contributed by atoms with van der Waals surface area (Å²) in [6.45, 7) is 6.89. The predicted octanol–water partition coefficient (Wildman–Crippen LogP) is 2.55. The molecule has 1 unspecified atom stereocenters. The molecule has 1 N–H and O–H groups in total. The fourth-order valence-electron chi connectivity index (χ4n) is 3.39. The van der Waals surface area contributed by atoms with E-state index < -0.39 is 0 Å². The van der Waals surface area contributed by atoms with Gasteiger partial charge in [0.1, 0.15) is 23.0 Å². The number of carbonyl (C=O) groups is 1. The van der Waals surface area contributed by atoms with Crippen molar-refractivity contribution in [2.24, 2.45) is 5.92 Å². The molecule has 0 saturated carbocycles. The lowest BCUT2D eigenvalue weighted by Crippen LogP contribution is -2.41. The van der Waals surface area contributed by atoms with E-state index in [9.17, 15) is 4.79 Å². The predicted molar refractivity (Wildman–Crippen MR) is 104 cm³/mol. The Kier molecular flexibility index (Phi) is 5.24. The molecule has 1 saturated heterocycles. The molecule has 0 spiro atoms. The van der Waals surface area contributed by atoms with Crippen LogP contribution in [0.25, 0.3) is 11.5 Å². The minimum absolute atomic E-state index is 0.0820. The van der Waals surface area contributed by atoms with Gasteiger partial charge in [-0.2, -0.15) is 4.98 Å². The summed E-state index contributed by atoms with van der Waals surface area (Å²) >= 11 is 0. The van der Waals surface area contributed by atoms with Crippen LogP contribution in [0.3, 0.4) is 0 Å². The van der Waals surface area contributed by atoms with Gasteiger partial charge in [-0.3, -0.25) is 4.79 Å². The van der Waals surface area contributed by atoms with Crippen molar-refractivity contribution in [1.29, 1.82) is 0 Å². The van der Waals surface area contributed by atoms with Crippen molar-refractivity contribution >= 4 is 17.5 Å². The van der Waals surface area contributed by atoms with E-state index in [1.165, 1.54) is 0 Å². The van der Waals surface area contributed by atoms with Gasteiger partial charge in [0, 0.05) is 31.8 Å². The Balaban J connectivity index is 1.56. The minimum Gasteiger partial charge on any atom is -0.360 e. The van der Waals surface area contributed by atoms with E-state index >= 15 is 0 Å². The molecule has 1 aliphatic rings. The zero-order chi connectivity index (χ0) is 20.4. The second kappa shape index (κ2) is 7.98. The Bertz CT molecular complexity index is 1010. The van der Waals surface area contributed by atoms with Gasteiger partial charge in [-0.1, -0.05) is 17.2 Å². The largest absolute Gasteiger partial charge is 0.360 e. The standard InChI is InChI=1S/C19H23N7O3/c1-4-15-23-19(29-24-15)14-9-20-12(3)21-17(14)26-7-5-6-13(10-26)18(27)22-16-8-11(2)28-25-16/h8-9,13H,4-7,10H2,1-3H3,(H,22,25,27). The van der Waals surface area contributed by atoms with Crippen LogP contribution < -0.4 is 10.2 Å². The monoisotopic (exact) mass is 397 g/mol. The fraction of sp³-hybridized carbons (Fsp3) is 0.474. The molecule has 0 radical (unpaired) electrons. The van der Waals surface area contributed by atoms with Crippen LogP contribution in [0.4, 0.5) is 11.6 Å². The first-order valence-corrected chi connectivity index (χ1v) is 9.69. The first-order chi connectivity index (χ1) is 14.0. The average molecular weight is 397 g/mol. The number of piperidine rings is 1. The minimum atomic E-state index is -0.197. The van der Waals surface area contributed by atoms with E-state index in [0.29, 0.717) is 53.5 Å². The third-order valence-electron chi connectivity index (χ3n) is 4.87. The average Bonchev–Trinajstić information content (AvgIpc) is 3.37. The number of aryl methyl sites for hydroxylation is 3. The molecular formula is C19H23N7O3. The number of amides is 1. The molecule has 29 heavy (non-hydrogen) atoms. The molecule has 0 bridgehead atoms. The van der Waals surface area contributed by atoms with Gasteiger partial charge in [-0.05, 0) is 26.7 Å². The molecule has 0 aromatic carbocycles. The van der Waals surface area contributed by atoms with E-state index in [-0.39, 0.29) is 11.8 Å². The van der Waals surface area contributed by atoms with Gasteiger partial charge in [0.15, 0.2) is 11.6 Å². The highest BCUT2D eigenvalue weighted by Crippen LogP contribution is 2.31. The van der Waals surface area contributed by atoms with Crippen LogP contribution >= 0.6 is 0 Å². The summed E-state index contributed by atoms with van der Waals surface area (Å²) in [5.41, 5.74) is 0.677. The molecule has 4 heterocycles. The molecule has 10 nitrogen and oxygen atoms in total. The number of nitrogens with one attached hydrogen (secondary N) is 1. The summed E-state index contributed by atoms with van der Waals surface area (Å²) in [5, 5.41) is 10.6. The summed E-state index contributed by atoms with van der Waals surface area (Å²) in [6.07, 6.45) is 4.03. The first-order valence-electron chi connectivity index (χ1n) is 9.69. The third kappa shape index (κ3) is 4.10. The fourth-order valence-corrected chi connectivity index (χ4v) is 3.39. The van der Waals surface area contributed by atoms with Crippen molar-refractivity contribution in [2.75, 3.05) is 23.3 Å². The summed E-state index contributed by atoms with van der Waals surface area (Å²) in [4.78, 5) is 28.1. The number of carbonyl (C=O) groups excluding carboxylic acids is 1. The van der Waals surface area contributed by atoms with Crippen LogP contribution in [-0.2, 0) is 11.2 Å². The van der Waals surface area contributed by atoms with E-state index in [1.54, 1.807) is 19.2 Å². The van der Waals surface area contributed by atoms with Crippen LogP contribution in [0.15, 0.2) is 21.3 Å². The topological polar surface area (TPSA) is 123 Å². The molecule has 1 atom stereocenters. The van der Waals surface area contributed by atoms with Crippen LogP contribution in [0, 0.1) is 19.8 Å². The highest BCUT2D eigenvalue weighted by Gasteiger charge is 2.29. The van der Waals surface area contributed by atoms with Gasteiger partial charge in [-0.25, -0.2) is 9.97 Å². The van der Waals surface area contributed by atoms with Crippen LogP contribution in [0.5, 0.6) is 0 Å². The smallest absolute Gasteiger partial charge is 0.263 e. The number of rotatable bonds is 5. The molecular weight excluding hydrogens is 374 g/mol. The van der Waals surface area contributed by atoms with Crippen molar-refractivity contribution in [3.05, 3.63) is 29.7 Å². The number of aromatic nitrogens is 5. The summed E-state index contributed by atoms with van der Waals surface area (Å²) in [7, 11) is 0. The number of nitrogens with zero attached hydrogens (tertiary/aromatic N) is 6. The van der Waals surface area contributed by atoms with Gasteiger partial charge in [-0.15, -0.1) is 0 Å². The lowest BCUT2D eigenvalue weighted by Gasteiger charge is -2.33. The molecule has 3 aromatic heterocycles. The van der Waals surface area contributed by atoms with Gasteiger partial charge in [0.05, 0.1) is 5.92 Å². The maximum atomic E-state index is 12.7. The Hall–Kier alpha value is -3.30. The van der Waals surface area contributed by atoms with Gasteiger partial charge in [0.2, 0.25) is 5.91 Å². The van der Waals surface area contributed by atoms with E-state index in [2.05, 4.69) is 35.5 Å². The quantitative estimate of drug-likeness (QED) is 0.691. The second-order valence-electron chi connectivity index (χ2n) is 7.12. The lowest BCUT2D eigenvalue weighted by molar-refractivity contribution is -0.120. The molecule has 10 heteroatoms. The van der Waals surface area contributed by atoms with Crippen molar-refractivity contribution in [2.45, 2.75) is 40.0 Å². The molecule has 1 fully saturated rings. The summed E-state index contributed by atoms with van der Waals surface area (Å²) < 4.78 is 10.4. The lowest BCUT2D eigenvalue weighted by atomic mass is 9.96. The van der Waals surface area contributed by atoms with Crippen molar-refractivity contribution in [3.8, 4) is 11.5 Å². The van der Waals surface area contributed by atoms with Crippen molar-refractivity contribution < 1.29 is 13.8 Å². The normalized spacial score (nSPS) is 16.8. The SMILES string of the molecule is CCc1noc(-c2cnc(C)nc2N2CCCC(C(=O)Nc3cc(C)on3)C2)n1. The van der Waals surface area contributed by atoms with Gasteiger partial charge in [0.25, 0.3) is 5.89 Å². The van der Waals surface area contributed by atoms with Crippen LogP contribution in [0.1, 0.15) is 37.2 Å². The summed E-state index contributed by atoms with van der Waals surface area (Å²) in [5.74, 6) is 3.17. The Morgan fingerprint density at radius 3 is 2.86 bits per heavy atom. The van der Waals surface area contributed by atoms with Crippen molar-refractivity contribution in [1.82, 2.24) is 25.3 Å². The maximum absolute atomic E-state index is 12.7. The van der Waals surface area contributed by atoms with Gasteiger partial charge >= 0.3 is 0 Å². The molecule has 152 valence electrons. The number of hydrogen-bond acceptors (Lipinski definition) is 9. The molecule has 4 rings (SSSR count). The first kappa shape index (κ1) is 19.0. The second-order valence-corrected chi connectivity index (χ2v) is 7.12. The zero-order valence-corrected chi connectivity index (χ0v) is 16.7. The maximum Gasteiger partial charge on any atom is 0.263 e. The summed E-state index contributed by atoms with van der Waals surface area (Å²) in [6, 6.07) is 1.70. The van der Waals surface area contributed by atoms with E-state index in [0.717, 1.165) is 19.4 Å². The Morgan fingerprint density at radius 1 is 1.28 bits per heavy atom. The van der Waals surface area contributed by atoms with Crippen LogP contribution in [-0.4, -0.2) is 44.3 Å². The van der Waals surface area contributed by atoms with E-state index in [4.69, 9.17) is 9.05 Å². The third-order valence-corrected chi connectivity index (χ3v) is 4.87. The molecule has 1 amide bonds. The zero-order valence-electron chi connectivity index (χ0n) is 16.7. The van der Waals surface area contributed by atoms with Gasteiger partial charge < -0.3 is 19.3 Å². The molecule has 0 aliphatic carbocycles. The van der Waals surface area contributed by atoms with Crippen LogP contribution in [0.2, 0.25) is 0 Å². The highest BCUT2D eigenvalue weighted by molar-refractivity contribution is 5.92. The Morgan fingerprint density at radius 2 is 2.14 bits per heavy atom. The Labute approximate surface area is 167 Å².